The minimum absolute atomic E-state index is 0.185. The van der Waals surface area contributed by atoms with Gasteiger partial charge in [0, 0.05) is 24.7 Å². The molecule has 0 spiro atoms. The van der Waals surface area contributed by atoms with Gasteiger partial charge in [-0.25, -0.2) is 16.4 Å². The van der Waals surface area contributed by atoms with Gasteiger partial charge in [-0.15, -0.1) is 5.10 Å². The Labute approximate surface area is 227 Å². The predicted octanol–water partition coefficient (Wildman–Crippen LogP) is 4.95. The lowest BCUT2D eigenvalue weighted by Gasteiger charge is -2.13. The van der Waals surface area contributed by atoms with Crippen molar-refractivity contribution in [1.82, 2.24) is 20.1 Å². The smallest absolute Gasteiger partial charge is 0.230 e. The third-order valence-electron chi connectivity index (χ3n) is 6.22. The van der Waals surface area contributed by atoms with Crippen molar-refractivity contribution in [3.05, 3.63) is 112 Å². The number of nitrogens with two attached hydrogens (primary N) is 2. The van der Waals surface area contributed by atoms with Gasteiger partial charge in [0.25, 0.3) is 0 Å². The number of halogens is 1. The van der Waals surface area contributed by atoms with Crippen molar-refractivity contribution in [2.75, 3.05) is 0 Å². The van der Waals surface area contributed by atoms with Gasteiger partial charge in [-0.2, -0.15) is 0 Å². The first-order chi connectivity index (χ1) is 18.5. The van der Waals surface area contributed by atoms with E-state index in [9.17, 15) is 4.79 Å². The zero-order valence-electron chi connectivity index (χ0n) is 21.2. The molecule has 4 rings (SSSR count). The van der Waals surface area contributed by atoms with Crippen LogP contribution in [0.1, 0.15) is 58.5 Å². The summed E-state index contributed by atoms with van der Waals surface area (Å²) < 4.78 is 1.91. The van der Waals surface area contributed by atoms with E-state index in [2.05, 4.69) is 34.1 Å². The number of carbonyl (C=O) groups excluding carboxylic acids is 1. The Bertz CT molecular complexity index is 1460. The third-order valence-corrected chi connectivity index (χ3v) is 6.48. The second-order valence-electron chi connectivity index (χ2n) is 8.74. The van der Waals surface area contributed by atoms with Crippen LogP contribution in [0, 0.1) is 0 Å². The van der Waals surface area contributed by atoms with Crippen LogP contribution in [0.25, 0.3) is 17.2 Å². The molecule has 0 amide bonds. The number of hydrazine groups is 1. The fourth-order valence-corrected chi connectivity index (χ4v) is 4.51. The Kier molecular flexibility index (Phi) is 8.68. The van der Waals surface area contributed by atoms with Gasteiger partial charge in [-0.05, 0) is 34.7 Å². The van der Waals surface area contributed by atoms with E-state index in [1.165, 1.54) is 0 Å². The Hall–Kier alpha value is -4.27. The monoisotopic (exact) mass is 527 g/mol. The molecule has 0 bridgehead atoms. The number of imidazole rings is 1. The molecule has 0 radical (unpaired) electrons. The molecule has 2 aromatic carbocycles. The van der Waals surface area contributed by atoms with E-state index in [-0.39, 0.29) is 10.9 Å². The lowest BCUT2D eigenvalue weighted by Crippen LogP contribution is -2.23. The van der Waals surface area contributed by atoms with Crippen LogP contribution in [0.4, 0.5) is 0 Å². The van der Waals surface area contributed by atoms with E-state index in [1.54, 1.807) is 24.4 Å². The summed E-state index contributed by atoms with van der Waals surface area (Å²) in [4.78, 5) is 22.4. The number of carbonyl (C=O) groups is 1. The van der Waals surface area contributed by atoms with Gasteiger partial charge in [0.05, 0.1) is 0 Å². The molecule has 8 nitrogen and oxygen atoms in total. The molecule has 9 heteroatoms. The quantitative estimate of drug-likeness (QED) is 0.0833. The summed E-state index contributed by atoms with van der Waals surface area (Å²) in [5.41, 5.74) is 13.5. The molecule has 0 unspecified atom stereocenters. The number of benzene rings is 2. The molecule has 2 heterocycles. The van der Waals surface area contributed by atoms with Crippen molar-refractivity contribution in [2.45, 2.75) is 32.7 Å². The average molecular weight is 528 g/mol. The van der Waals surface area contributed by atoms with E-state index in [0.717, 1.165) is 46.5 Å². The number of hydrazone groups is 1. The Morgan fingerprint density at radius 2 is 1.92 bits per heavy atom. The second kappa shape index (κ2) is 12.3. The maximum Gasteiger partial charge on any atom is 0.230 e. The molecule has 0 fully saturated rings. The van der Waals surface area contributed by atoms with E-state index >= 15 is 0 Å². The predicted molar refractivity (Wildman–Crippen MR) is 153 cm³/mol. The topological polar surface area (TPSA) is 124 Å². The van der Waals surface area contributed by atoms with Gasteiger partial charge in [0.15, 0.2) is 11.0 Å². The number of hydrogen-bond donors (Lipinski definition) is 3. The van der Waals surface area contributed by atoms with Gasteiger partial charge in [-0.3, -0.25) is 9.78 Å². The lowest BCUT2D eigenvalue weighted by molar-refractivity contribution is 0.102. The minimum Gasteiger partial charge on any atom is -0.382 e. The molecular weight excluding hydrogens is 498 g/mol. The van der Waals surface area contributed by atoms with Crippen LogP contribution in [-0.2, 0) is 13.0 Å². The largest absolute Gasteiger partial charge is 0.382 e. The Balaban J connectivity index is 1.68. The van der Waals surface area contributed by atoms with Crippen LogP contribution in [-0.4, -0.2) is 26.2 Å². The molecule has 0 saturated heterocycles. The number of ketones is 1. The fourth-order valence-electron chi connectivity index (χ4n) is 4.22. The maximum absolute atomic E-state index is 13.5. The Morgan fingerprint density at radius 1 is 1.16 bits per heavy atom. The summed E-state index contributed by atoms with van der Waals surface area (Å²) in [6.45, 7) is 6.29. The number of aromatic nitrogens is 3. The summed E-state index contributed by atoms with van der Waals surface area (Å²) in [6, 6.07) is 19.2. The van der Waals surface area contributed by atoms with Crippen molar-refractivity contribution in [1.29, 1.82) is 0 Å². The molecule has 5 N–H and O–H groups in total. The van der Waals surface area contributed by atoms with Crippen LogP contribution in [0.3, 0.4) is 0 Å². The highest BCUT2D eigenvalue weighted by molar-refractivity contribution is 6.33. The third kappa shape index (κ3) is 5.82. The van der Waals surface area contributed by atoms with Gasteiger partial charge >= 0.3 is 0 Å². The van der Waals surface area contributed by atoms with Crippen LogP contribution in [0.5, 0.6) is 0 Å². The first-order valence-electron chi connectivity index (χ1n) is 12.3. The van der Waals surface area contributed by atoms with Gasteiger partial charge < -0.3 is 10.3 Å². The number of pyridine rings is 1. The number of unbranched alkanes of at least 4 members (excludes halogenated alkanes) is 1. The summed E-state index contributed by atoms with van der Waals surface area (Å²) >= 11 is 6.54. The second-order valence-corrected chi connectivity index (χ2v) is 9.09. The number of amidine groups is 1. The zero-order valence-corrected chi connectivity index (χ0v) is 21.9. The Morgan fingerprint density at radius 3 is 2.58 bits per heavy atom. The molecular formula is C29H30ClN7O. The SMILES string of the molecule is C=Cc1ccc(C(=O)c2c(Cl)nc(CCCC)n2Cc2ccc(-c3ccccc3C(N)=NNN)cc2)nc1. The van der Waals surface area contributed by atoms with Crippen LogP contribution in [0.15, 0.2) is 78.5 Å². The summed E-state index contributed by atoms with van der Waals surface area (Å²) in [7, 11) is 0. The normalized spacial score (nSPS) is 11.4. The first-order valence-corrected chi connectivity index (χ1v) is 12.7. The van der Waals surface area contributed by atoms with Crippen molar-refractivity contribution in [3.8, 4) is 11.1 Å². The molecule has 0 atom stereocenters. The maximum atomic E-state index is 13.5. The number of nitrogens with one attached hydrogen (secondary N) is 1. The van der Waals surface area contributed by atoms with Crippen molar-refractivity contribution in [3.63, 3.8) is 0 Å². The summed E-state index contributed by atoms with van der Waals surface area (Å²) in [6.07, 6.45) is 5.94. The van der Waals surface area contributed by atoms with Crippen molar-refractivity contribution < 1.29 is 4.79 Å². The highest BCUT2D eigenvalue weighted by Gasteiger charge is 2.24. The minimum atomic E-state index is -0.269. The summed E-state index contributed by atoms with van der Waals surface area (Å²) in [5, 5.41) is 4.09. The van der Waals surface area contributed by atoms with E-state index < -0.39 is 0 Å². The van der Waals surface area contributed by atoms with E-state index in [0.29, 0.717) is 30.2 Å². The first kappa shape index (κ1) is 26.8. The highest BCUT2D eigenvalue weighted by Crippen LogP contribution is 2.26. The summed E-state index contributed by atoms with van der Waals surface area (Å²) in [5.74, 6) is 6.11. The number of hydrogen-bond acceptors (Lipinski definition) is 6. The van der Waals surface area contributed by atoms with E-state index in [4.69, 9.17) is 23.2 Å². The number of aryl methyl sites for hydroxylation is 1. The van der Waals surface area contributed by atoms with Crippen molar-refractivity contribution >= 4 is 29.3 Å². The van der Waals surface area contributed by atoms with Gasteiger partial charge in [0.1, 0.15) is 17.2 Å². The van der Waals surface area contributed by atoms with Crippen LogP contribution >= 0.6 is 11.6 Å². The molecule has 0 aliphatic heterocycles. The molecule has 194 valence electrons. The highest BCUT2D eigenvalue weighted by atomic mass is 35.5. The molecule has 38 heavy (non-hydrogen) atoms. The lowest BCUT2D eigenvalue weighted by atomic mass is 9.98. The van der Waals surface area contributed by atoms with Crippen LogP contribution < -0.4 is 17.1 Å². The van der Waals surface area contributed by atoms with Crippen molar-refractivity contribution in [2.24, 2.45) is 16.7 Å². The molecule has 4 aromatic rings. The number of nitrogens with zero attached hydrogens (tertiary/aromatic N) is 4. The molecule has 0 aliphatic rings. The fraction of sp³-hybridized carbons (Fsp3) is 0.172. The van der Waals surface area contributed by atoms with E-state index in [1.807, 2.05) is 53.1 Å². The number of rotatable bonds is 11. The zero-order chi connectivity index (χ0) is 27.1. The van der Waals surface area contributed by atoms with Crippen LogP contribution in [0.2, 0.25) is 5.15 Å². The molecule has 0 aliphatic carbocycles. The van der Waals surface area contributed by atoms with Gasteiger partial charge in [0.2, 0.25) is 5.78 Å². The average Bonchev–Trinajstić information content (AvgIpc) is 3.26. The molecule has 0 saturated carbocycles. The van der Waals surface area contributed by atoms with Gasteiger partial charge in [-0.1, -0.05) is 92.2 Å². The standard InChI is InChI=1S/C29H30ClN7O/c1-3-5-10-25-34-28(30)26(27(38)24-16-13-19(4-2)17-33-24)37(25)18-20-11-14-21(15-12-20)22-8-6-7-9-23(22)29(31)35-36-32/h4,6-9,11-17,36H,2-3,5,10,18,32H2,1H3,(H2,31,35). The molecule has 2 aromatic heterocycles.